The molecule has 4 rings (SSSR count). The second kappa shape index (κ2) is 10.4. The average Bonchev–Trinajstić information content (AvgIpc) is 2.83. The van der Waals surface area contributed by atoms with Gasteiger partial charge in [0, 0.05) is 22.2 Å². The van der Waals surface area contributed by atoms with Crippen LogP contribution in [0.5, 0.6) is 0 Å². The van der Waals surface area contributed by atoms with E-state index in [0.29, 0.717) is 22.9 Å². The van der Waals surface area contributed by atoms with E-state index < -0.39 is 11.4 Å². The summed E-state index contributed by atoms with van der Waals surface area (Å²) in [5, 5.41) is 10.9. The SMILES string of the molecule is CCC(c1ccccn1)N1C(=O)[C@@](C)(CC(=O)O)C[C@H](c2cccc(Cl)c2)[C@H]1c1ccc(Cl)cc1. The Bertz CT molecular complexity index is 1200. The first-order valence-corrected chi connectivity index (χ1v) is 12.5. The second-order valence-electron chi connectivity index (χ2n) is 9.38. The molecule has 4 atom stereocenters. The number of hydrogen-bond donors (Lipinski definition) is 1. The number of likely N-dealkylation sites (tertiary alicyclic amines) is 1. The van der Waals surface area contributed by atoms with Crippen molar-refractivity contribution >= 4 is 35.1 Å². The van der Waals surface area contributed by atoms with E-state index >= 15 is 0 Å². The van der Waals surface area contributed by atoms with Crippen molar-refractivity contribution in [2.24, 2.45) is 5.41 Å². The van der Waals surface area contributed by atoms with Gasteiger partial charge in [0.25, 0.3) is 0 Å². The van der Waals surface area contributed by atoms with Gasteiger partial charge in [0.15, 0.2) is 0 Å². The molecule has 1 aliphatic rings. The molecule has 0 saturated carbocycles. The van der Waals surface area contributed by atoms with Gasteiger partial charge in [-0.25, -0.2) is 0 Å². The third-order valence-electron chi connectivity index (χ3n) is 6.88. The Labute approximate surface area is 215 Å². The number of halogens is 2. The molecule has 1 saturated heterocycles. The molecule has 0 aliphatic carbocycles. The third kappa shape index (κ3) is 5.21. The maximum atomic E-state index is 14.2. The Hall–Kier alpha value is -2.89. The van der Waals surface area contributed by atoms with Crippen molar-refractivity contribution in [2.75, 3.05) is 0 Å². The lowest BCUT2D eigenvalue weighted by Gasteiger charge is -2.51. The van der Waals surface area contributed by atoms with Crippen LogP contribution in [-0.4, -0.2) is 26.9 Å². The highest BCUT2D eigenvalue weighted by Gasteiger charge is 2.52. The van der Waals surface area contributed by atoms with Gasteiger partial charge in [0.1, 0.15) is 0 Å². The molecule has 1 aromatic heterocycles. The van der Waals surface area contributed by atoms with Crippen LogP contribution < -0.4 is 0 Å². The van der Waals surface area contributed by atoms with Crippen LogP contribution in [0.1, 0.15) is 67.9 Å². The number of nitrogens with zero attached hydrogens (tertiary/aromatic N) is 2. The standard InChI is InChI=1S/C28H28Cl2N2O3/c1-3-24(23-9-4-5-14-31-23)32-26(18-10-12-20(29)13-11-18)22(19-7-6-8-21(30)15-19)16-28(2,27(32)35)17-25(33)34/h4-15,22,24,26H,3,16-17H2,1-2H3,(H,33,34)/t22-,24?,26-,28-/m1/s1. The summed E-state index contributed by atoms with van der Waals surface area (Å²) in [6.07, 6.45) is 2.46. The van der Waals surface area contributed by atoms with Crippen LogP contribution in [0.4, 0.5) is 0 Å². The molecule has 1 amide bonds. The predicted octanol–water partition coefficient (Wildman–Crippen LogP) is 7.08. The van der Waals surface area contributed by atoms with Crippen molar-refractivity contribution in [2.45, 2.75) is 51.1 Å². The number of hydrogen-bond acceptors (Lipinski definition) is 3. The van der Waals surface area contributed by atoms with Crippen molar-refractivity contribution in [3.8, 4) is 0 Å². The first-order chi connectivity index (χ1) is 16.7. The van der Waals surface area contributed by atoms with Crippen LogP contribution in [0.3, 0.4) is 0 Å². The number of aromatic nitrogens is 1. The highest BCUT2D eigenvalue weighted by molar-refractivity contribution is 6.30. The van der Waals surface area contributed by atoms with E-state index in [1.165, 1.54) is 0 Å². The topological polar surface area (TPSA) is 70.5 Å². The van der Waals surface area contributed by atoms with Gasteiger partial charge in [0.05, 0.1) is 29.6 Å². The molecule has 1 fully saturated rings. The summed E-state index contributed by atoms with van der Waals surface area (Å²) in [4.78, 5) is 32.6. The fourth-order valence-corrected chi connectivity index (χ4v) is 5.67. The van der Waals surface area contributed by atoms with Crippen LogP contribution in [-0.2, 0) is 9.59 Å². The number of carbonyl (C=O) groups is 2. The monoisotopic (exact) mass is 510 g/mol. The number of pyridine rings is 1. The number of carboxylic acid groups (broad SMARTS) is 1. The summed E-state index contributed by atoms with van der Waals surface area (Å²) in [5.74, 6) is -1.37. The predicted molar refractivity (Wildman–Crippen MR) is 137 cm³/mol. The Balaban J connectivity index is 1.95. The van der Waals surface area contributed by atoms with E-state index in [-0.39, 0.29) is 30.3 Å². The van der Waals surface area contributed by atoms with Gasteiger partial charge in [-0.2, -0.15) is 0 Å². The Morgan fingerprint density at radius 1 is 1.09 bits per heavy atom. The minimum atomic E-state index is -1.09. The minimum absolute atomic E-state index is 0.185. The van der Waals surface area contributed by atoms with Gasteiger partial charge >= 0.3 is 5.97 Å². The molecule has 1 unspecified atom stereocenters. The molecule has 35 heavy (non-hydrogen) atoms. The molecule has 0 radical (unpaired) electrons. The molecule has 3 aromatic rings. The summed E-state index contributed by atoms with van der Waals surface area (Å²) < 4.78 is 0. The summed E-state index contributed by atoms with van der Waals surface area (Å²) in [5.41, 5.74) is 1.57. The molecular weight excluding hydrogens is 483 g/mol. The zero-order chi connectivity index (χ0) is 25.2. The van der Waals surface area contributed by atoms with Crippen LogP contribution in [0, 0.1) is 5.41 Å². The molecule has 0 spiro atoms. The third-order valence-corrected chi connectivity index (χ3v) is 7.37. The fourth-order valence-electron chi connectivity index (χ4n) is 5.34. The first kappa shape index (κ1) is 25.2. The van der Waals surface area contributed by atoms with Crippen LogP contribution in [0.25, 0.3) is 0 Å². The van der Waals surface area contributed by atoms with Crippen LogP contribution in [0.15, 0.2) is 72.9 Å². The largest absolute Gasteiger partial charge is 0.481 e. The van der Waals surface area contributed by atoms with Gasteiger partial charge < -0.3 is 10.0 Å². The highest BCUT2D eigenvalue weighted by Crippen LogP contribution is 2.54. The lowest BCUT2D eigenvalue weighted by molar-refractivity contribution is -0.161. The van der Waals surface area contributed by atoms with Gasteiger partial charge in [-0.15, -0.1) is 0 Å². The molecule has 1 aliphatic heterocycles. The summed E-state index contributed by atoms with van der Waals surface area (Å²) in [6.45, 7) is 3.78. The molecule has 1 N–H and O–H groups in total. The van der Waals surface area contributed by atoms with Crippen molar-refractivity contribution in [3.63, 3.8) is 0 Å². The number of rotatable bonds is 7. The maximum Gasteiger partial charge on any atom is 0.304 e. The Morgan fingerprint density at radius 3 is 2.43 bits per heavy atom. The van der Waals surface area contributed by atoms with E-state index in [4.69, 9.17) is 23.2 Å². The molecule has 182 valence electrons. The molecule has 2 aromatic carbocycles. The van der Waals surface area contributed by atoms with Crippen LogP contribution >= 0.6 is 23.2 Å². The van der Waals surface area contributed by atoms with Gasteiger partial charge in [-0.05, 0) is 60.4 Å². The Morgan fingerprint density at radius 2 is 1.83 bits per heavy atom. The molecule has 0 bridgehead atoms. The minimum Gasteiger partial charge on any atom is -0.481 e. The quantitative estimate of drug-likeness (QED) is 0.368. The smallest absolute Gasteiger partial charge is 0.304 e. The van der Waals surface area contributed by atoms with E-state index in [0.717, 1.165) is 16.8 Å². The maximum absolute atomic E-state index is 14.2. The Kier molecular flexibility index (Phi) is 7.48. The number of carboxylic acids is 1. The van der Waals surface area contributed by atoms with Gasteiger partial charge in [-0.1, -0.05) is 67.4 Å². The molecular formula is C28H28Cl2N2O3. The highest BCUT2D eigenvalue weighted by atomic mass is 35.5. The van der Waals surface area contributed by atoms with E-state index in [9.17, 15) is 14.7 Å². The number of benzene rings is 2. The zero-order valence-electron chi connectivity index (χ0n) is 19.7. The number of aliphatic carboxylic acids is 1. The van der Waals surface area contributed by atoms with Crippen molar-refractivity contribution < 1.29 is 14.7 Å². The molecule has 2 heterocycles. The lowest BCUT2D eigenvalue weighted by atomic mass is 9.67. The van der Waals surface area contributed by atoms with Crippen molar-refractivity contribution in [3.05, 3.63) is 99.8 Å². The zero-order valence-corrected chi connectivity index (χ0v) is 21.2. The van der Waals surface area contributed by atoms with Gasteiger partial charge in [0.2, 0.25) is 5.91 Å². The summed E-state index contributed by atoms with van der Waals surface area (Å²) in [6, 6.07) is 20.1. The van der Waals surface area contributed by atoms with E-state index in [2.05, 4.69) is 4.98 Å². The normalized spacial score (nSPS) is 23.2. The average molecular weight is 511 g/mol. The molecule has 7 heteroatoms. The van der Waals surface area contributed by atoms with Gasteiger partial charge in [-0.3, -0.25) is 14.6 Å². The molecule has 5 nitrogen and oxygen atoms in total. The first-order valence-electron chi connectivity index (χ1n) is 11.7. The number of piperidine rings is 1. The lowest BCUT2D eigenvalue weighted by Crippen LogP contribution is -2.53. The van der Waals surface area contributed by atoms with Crippen LogP contribution in [0.2, 0.25) is 10.0 Å². The van der Waals surface area contributed by atoms with Crippen molar-refractivity contribution in [1.82, 2.24) is 9.88 Å². The van der Waals surface area contributed by atoms with E-state index in [1.807, 2.05) is 78.6 Å². The fraction of sp³-hybridized carbons (Fsp3) is 0.321. The number of amides is 1. The number of carbonyl (C=O) groups excluding carboxylic acids is 1. The van der Waals surface area contributed by atoms with Crippen molar-refractivity contribution in [1.29, 1.82) is 0 Å². The van der Waals surface area contributed by atoms with E-state index in [1.54, 1.807) is 13.1 Å². The second-order valence-corrected chi connectivity index (χ2v) is 10.3. The summed E-state index contributed by atoms with van der Waals surface area (Å²) in [7, 11) is 0. The summed E-state index contributed by atoms with van der Waals surface area (Å²) >= 11 is 12.6.